The highest BCUT2D eigenvalue weighted by Gasteiger charge is 2.19. The van der Waals surface area contributed by atoms with E-state index in [9.17, 15) is 0 Å². The summed E-state index contributed by atoms with van der Waals surface area (Å²) in [7, 11) is 0. The zero-order valence-corrected chi connectivity index (χ0v) is 10.9. The third kappa shape index (κ3) is 3.38. The zero-order chi connectivity index (χ0) is 11.4. The number of halogens is 1. The summed E-state index contributed by atoms with van der Waals surface area (Å²) in [5.74, 6) is 0. The first kappa shape index (κ1) is 12.2. The van der Waals surface area contributed by atoms with Crippen molar-refractivity contribution >= 4 is 22.9 Å². The van der Waals surface area contributed by atoms with E-state index in [1.165, 1.54) is 24.2 Å². The van der Waals surface area contributed by atoms with Gasteiger partial charge in [-0.3, -0.25) is 4.90 Å². The minimum atomic E-state index is 0.392. The summed E-state index contributed by atoms with van der Waals surface area (Å²) >= 11 is 7.21. The van der Waals surface area contributed by atoms with Crippen LogP contribution in [0.1, 0.15) is 24.8 Å². The van der Waals surface area contributed by atoms with Gasteiger partial charge >= 0.3 is 0 Å². The zero-order valence-electron chi connectivity index (χ0n) is 9.36. The number of aromatic nitrogens is 2. The van der Waals surface area contributed by atoms with Gasteiger partial charge < -0.3 is 4.74 Å². The van der Waals surface area contributed by atoms with Crippen LogP contribution in [0.25, 0.3) is 0 Å². The van der Waals surface area contributed by atoms with Crippen molar-refractivity contribution in [2.24, 2.45) is 0 Å². The van der Waals surface area contributed by atoms with Gasteiger partial charge in [0.1, 0.15) is 5.01 Å². The highest BCUT2D eigenvalue weighted by molar-refractivity contribution is 7.15. The van der Waals surface area contributed by atoms with E-state index in [-0.39, 0.29) is 0 Å². The highest BCUT2D eigenvalue weighted by Crippen LogP contribution is 2.18. The number of ether oxygens (including phenoxy) is 1. The largest absolute Gasteiger partial charge is 0.377 e. The van der Waals surface area contributed by atoms with Crippen LogP contribution in [0.15, 0.2) is 0 Å². The molecule has 16 heavy (non-hydrogen) atoms. The SMILES string of the molecule is CCN(Cc1nnc(Cl)s1)CC1CCCO1. The maximum atomic E-state index is 5.76. The number of hydrogen-bond donors (Lipinski definition) is 0. The third-order valence-corrected chi connectivity index (χ3v) is 3.74. The number of likely N-dealkylation sites (N-methyl/N-ethyl adjacent to an activating group) is 1. The van der Waals surface area contributed by atoms with Crippen LogP contribution >= 0.6 is 22.9 Å². The van der Waals surface area contributed by atoms with Gasteiger partial charge in [0.05, 0.1) is 12.6 Å². The van der Waals surface area contributed by atoms with E-state index in [2.05, 4.69) is 22.0 Å². The first-order valence-electron chi connectivity index (χ1n) is 5.59. The highest BCUT2D eigenvalue weighted by atomic mass is 35.5. The molecule has 0 N–H and O–H groups in total. The van der Waals surface area contributed by atoms with Crippen LogP contribution in [0.5, 0.6) is 0 Å². The fraction of sp³-hybridized carbons (Fsp3) is 0.800. The molecule has 0 amide bonds. The molecule has 0 aromatic carbocycles. The molecule has 1 unspecified atom stereocenters. The van der Waals surface area contributed by atoms with Gasteiger partial charge in [-0.25, -0.2) is 0 Å². The van der Waals surface area contributed by atoms with Crippen molar-refractivity contribution in [3.63, 3.8) is 0 Å². The Labute approximate surface area is 105 Å². The predicted octanol–water partition coefficient (Wildman–Crippen LogP) is 2.19. The quantitative estimate of drug-likeness (QED) is 0.815. The minimum Gasteiger partial charge on any atom is -0.377 e. The van der Waals surface area contributed by atoms with E-state index in [1.54, 1.807) is 0 Å². The molecule has 1 aliphatic rings. The van der Waals surface area contributed by atoms with Crippen molar-refractivity contribution in [1.82, 2.24) is 15.1 Å². The van der Waals surface area contributed by atoms with Gasteiger partial charge in [0.25, 0.3) is 0 Å². The predicted molar refractivity (Wildman–Crippen MR) is 64.8 cm³/mol. The van der Waals surface area contributed by atoms with Crippen LogP contribution in [-0.4, -0.2) is 40.9 Å². The molecular weight excluding hydrogens is 246 g/mol. The summed E-state index contributed by atoms with van der Waals surface area (Å²) in [5, 5.41) is 8.82. The second-order valence-electron chi connectivity index (χ2n) is 3.91. The first-order valence-corrected chi connectivity index (χ1v) is 6.79. The van der Waals surface area contributed by atoms with Crippen LogP contribution in [0, 0.1) is 0 Å². The minimum absolute atomic E-state index is 0.392. The lowest BCUT2D eigenvalue weighted by Crippen LogP contribution is -2.31. The molecule has 2 rings (SSSR count). The fourth-order valence-electron chi connectivity index (χ4n) is 1.87. The Kier molecular flexibility index (Phi) is 4.52. The topological polar surface area (TPSA) is 38.2 Å². The van der Waals surface area contributed by atoms with Gasteiger partial charge in [0.15, 0.2) is 0 Å². The average Bonchev–Trinajstić information content (AvgIpc) is 2.89. The molecule has 1 aliphatic heterocycles. The molecule has 4 nitrogen and oxygen atoms in total. The van der Waals surface area contributed by atoms with Crippen molar-refractivity contribution in [2.75, 3.05) is 19.7 Å². The van der Waals surface area contributed by atoms with Crippen LogP contribution in [0.2, 0.25) is 4.47 Å². The molecule has 0 radical (unpaired) electrons. The lowest BCUT2D eigenvalue weighted by Gasteiger charge is -2.22. The molecule has 90 valence electrons. The summed E-state index contributed by atoms with van der Waals surface area (Å²) in [4.78, 5) is 2.33. The van der Waals surface area contributed by atoms with Gasteiger partial charge in [-0.15, -0.1) is 10.2 Å². The van der Waals surface area contributed by atoms with E-state index in [0.717, 1.165) is 31.2 Å². The Hall–Kier alpha value is -0.230. The Morgan fingerprint density at radius 3 is 3.00 bits per heavy atom. The number of hydrogen-bond acceptors (Lipinski definition) is 5. The third-order valence-electron chi connectivity index (χ3n) is 2.73. The molecule has 1 aromatic heterocycles. The summed E-state index contributed by atoms with van der Waals surface area (Å²) in [6.07, 6.45) is 2.75. The lowest BCUT2D eigenvalue weighted by molar-refractivity contribution is 0.0724. The Bertz CT molecular complexity index is 328. The van der Waals surface area contributed by atoms with Crippen molar-refractivity contribution in [2.45, 2.75) is 32.4 Å². The van der Waals surface area contributed by atoms with Gasteiger partial charge in [-0.05, 0) is 31.0 Å². The van der Waals surface area contributed by atoms with Crippen molar-refractivity contribution in [1.29, 1.82) is 0 Å². The molecule has 0 aliphatic carbocycles. The Balaban J connectivity index is 1.84. The fourth-order valence-corrected chi connectivity index (χ4v) is 2.78. The molecule has 1 fully saturated rings. The number of nitrogens with zero attached hydrogens (tertiary/aromatic N) is 3. The van der Waals surface area contributed by atoms with Gasteiger partial charge in [0.2, 0.25) is 4.47 Å². The van der Waals surface area contributed by atoms with Crippen LogP contribution in [0.4, 0.5) is 0 Å². The summed E-state index contributed by atoms with van der Waals surface area (Å²) in [5.41, 5.74) is 0. The van der Waals surface area contributed by atoms with Gasteiger partial charge in [-0.1, -0.05) is 18.3 Å². The van der Waals surface area contributed by atoms with E-state index in [4.69, 9.17) is 16.3 Å². The number of rotatable bonds is 5. The van der Waals surface area contributed by atoms with E-state index in [0.29, 0.717) is 10.6 Å². The molecule has 6 heteroatoms. The normalized spacial score (nSPS) is 20.8. The Morgan fingerprint density at radius 2 is 2.44 bits per heavy atom. The summed E-state index contributed by atoms with van der Waals surface area (Å²) < 4.78 is 6.14. The lowest BCUT2D eigenvalue weighted by atomic mass is 10.2. The maximum absolute atomic E-state index is 5.76. The molecule has 1 aromatic rings. The maximum Gasteiger partial charge on any atom is 0.207 e. The molecule has 0 bridgehead atoms. The molecule has 0 saturated carbocycles. The molecule has 1 atom stereocenters. The molecule has 2 heterocycles. The molecule has 0 spiro atoms. The van der Waals surface area contributed by atoms with Crippen molar-refractivity contribution in [3.8, 4) is 0 Å². The first-order chi connectivity index (χ1) is 7.78. The van der Waals surface area contributed by atoms with Crippen molar-refractivity contribution < 1.29 is 4.74 Å². The van der Waals surface area contributed by atoms with Crippen LogP contribution in [0.3, 0.4) is 0 Å². The standard InChI is InChI=1S/C10H16ClN3OS/c1-2-14(6-8-4-3-5-15-8)7-9-12-13-10(11)16-9/h8H,2-7H2,1H3. The van der Waals surface area contributed by atoms with Gasteiger partial charge in [0, 0.05) is 13.2 Å². The monoisotopic (exact) mass is 261 g/mol. The van der Waals surface area contributed by atoms with E-state index >= 15 is 0 Å². The molecule has 1 saturated heterocycles. The second-order valence-corrected chi connectivity index (χ2v) is 5.56. The average molecular weight is 262 g/mol. The molecular formula is C10H16ClN3OS. The van der Waals surface area contributed by atoms with Gasteiger partial charge in [-0.2, -0.15) is 0 Å². The Morgan fingerprint density at radius 1 is 1.56 bits per heavy atom. The summed E-state index contributed by atoms with van der Waals surface area (Å²) in [6, 6.07) is 0. The van der Waals surface area contributed by atoms with Crippen molar-refractivity contribution in [3.05, 3.63) is 9.47 Å². The summed E-state index contributed by atoms with van der Waals surface area (Å²) in [6.45, 7) is 5.86. The second kappa shape index (κ2) is 5.91. The van der Waals surface area contributed by atoms with Crippen LogP contribution < -0.4 is 0 Å². The van der Waals surface area contributed by atoms with E-state index < -0.39 is 0 Å². The van der Waals surface area contributed by atoms with E-state index in [1.807, 2.05) is 0 Å². The van der Waals surface area contributed by atoms with Crippen LogP contribution in [-0.2, 0) is 11.3 Å². The smallest absolute Gasteiger partial charge is 0.207 e.